The summed E-state index contributed by atoms with van der Waals surface area (Å²) in [7, 11) is 0. The molecule has 0 aliphatic rings. The molecule has 1 atom stereocenters. The van der Waals surface area contributed by atoms with Crippen LogP contribution in [0.2, 0.25) is 0 Å². The fourth-order valence-corrected chi connectivity index (χ4v) is 2.31. The Bertz CT molecular complexity index is 524. The molecule has 0 aromatic heterocycles. The largest absolute Gasteiger partial charge is 0.394 e. The number of aliphatic hydroxyl groups excluding tert-OH is 2. The van der Waals surface area contributed by atoms with Crippen molar-refractivity contribution in [3.8, 4) is 0 Å². The van der Waals surface area contributed by atoms with Crippen molar-refractivity contribution in [3.63, 3.8) is 0 Å². The van der Waals surface area contributed by atoms with E-state index in [2.05, 4.69) is 24.5 Å². The van der Waals surface area contributed by atoms with Crippen molar-refractivity contribution >= 4 is 11.8 Å². The summed E-state index contributed by atoms with van der Waals surface area (Å²) < 4.78 is 0. The Kier molecular flexibility index (Phi) is 8.43. The van der Waals surface area contributed by atoms with Crippen LogP contribution in [-0.2, 0) is 16.0 Å². The third-order valence-electron chi connectivity index (χ3n) is 3.75. The van der Waals surface area contributed by atoms with Crippen LogP contribution in [0.3, 0.4) is 0 Å². The van der Waals surface area contributed by atoms with E-state index < -0.39 is 11.9 Å². The first-order chi connectivity index (χ1) is 11.4. The molecule has 1 aromatic rings. The molecule has 4 N–H and O–H groups in total. The Morgan fingerprint density at radius 3 is 2.12 bits per heavy atom. The highest BCUT2D eigenvalue weighted by atomic mass is 16.3. The van der Waals surface area contributed by atoms with Crippen molar-refractivity contribution in [2.24, 2.45) is 5.92 Å². The average molecular weight is 336 g/mol. The van der Waals surface area contributed by atoms with E-state index in [4.69, 9.17) is 10.2 Å². The molecule has 0 saturated carbocycles. The van der Waals surface area contributed by atoms with Gasteiger partial charge in [-0.05, 0) is 30.4 Å². The number of benzene rings is 1. The van der Waals surface area contributed by atoms with E-state index in [1.165, 1.54) is 5.56 Å². The quantitative estimate of drug-likeness (QED) is 0.530. The molecule has 2 amide bonds. The Morgan fingerprint density at radius 1 is 1.04 bits per heavy atom. The number of carbonyl (C=O) groups excluding carboxylic acids is 2. The van der Waals surface area contributed by atoms with Crippen LogP contribution in [0.5, 0.6) is 0 Å². The second-order valence-electron chi connectivity index (χ2n) is 6.41. The first kappa shape index (κ1) is 20.1. The van der Waals surface area contributed by atoms with Crippen LogP contribution < -0.4 is 10.6 Å². The molecule has 6 nitrogen and oxygen atoms in total. The van der Waals surface area contributed by atoms with Gasteiger partial charge in [-0.2, -0.15) is 0 Å². The SMILES string of the molecule is CC(C)Cc1ccc(C(C)C(=O)NCC(=O)NC(CO)CO)cc1. The Morgan fingerprint density at radius 2 is 1.62 bits per heavy atom. The zero-order chi connectivity index (χ0) is 18.1. The van der Waals surface area contributed by atoms with Crippen molar-refractivity contribution in [2.75, 3.05) is 19.8 Å². The average Bonchev–Trinajstić information content (AvgIpc) is 2.57. The van der Waals surface area contributed by atoms with Gasteiger partial charge in [0.05, 0.1) is 31.7 Å². The molecular weight excluding hydrogens is 308 g/mol. The minimum absolute atomic E-state index is 0.189. The Hall–Kier alpha value is -1.92. The van der Waals surface area contributed by atoms with E-state index in [-0.39, 0.29) is 31.6 Å². The van der Waals surface area contributed by atoms with E-state index in [1.54, 1.807) is 6.92 Å². The van der Waals surface area contributed by atoms with Gasteiger partial charge in [0, 0.05) is 0 Å². The van der Waals surface area contributed by atoms with Crippen LogP contribution in [0, 0.1) is 5.92 Å². The highest BCUT2D eigenvalue weighted by Crippen LogP contribution is 2.17. The lowest BCUT2D eigenvalue weighted by molar-refractivity contribution is -0.127. The number of carbonyl (C=O) groups is 2. The smallest absolute Gasteiger partial charge is 0.239 e. The molecule has 1 aromatic carbocycles. The Labute approximate surface area is 143 Å². The molecule has 1 unspecified atom stereocenters. The molecule has 24 heavy (non-hydrogen) atoms. The van der Waals surface area contributed by atoms with Gasteiger partial charge in [0.1, 0.15) is 0 Å². The number of nitrogens with one attached hydrogen (secondary N) is 2. The molecule has 0 bridgehead atoms. The maximum atomic E-state index is 12.1. The monoisotopic (exact) mass is 336 g/mol. The van der Waals surface area contributed by atoms with Crippen molar-refractivity contribution in [3.05, 3.63) is 35.4 Å². The second-order valence-corrected chi connectivity index (χ2v) is 6.41. The van der Waals surface area contributed by atoms with Gasteiger partial charge in [-0.15, -0.1) is 0 Å². The second kappa shape index (κ2) is 10.1. The highest BCUT2D eigenvalue weighted by Gasteiger charge is 2.17. The van der Waals surface area contributed by atoms with Crippen molar-refractivity contribution in [1.29, 1.82) is 0 Å². The maximum Gasteiger partial charge on any atom is 0.239 e. The lowest BCUT2D eigenvalue weighted by atomic mass is 9.96. The molecule has 0 radical (unpaired) electrons. The predicted molar refractivity (Wildman–Crippen MR) is 92.5 cm³/mol. The summed E-state index contributed by atoms with van der Waals surface area (Å²) in [5.74, 6) is -0.476. The van der Waals surface area contributed by atoms with Gasteiger partial charge in [-0.1, -0.05) is 38.1 Å². The fourth-order valence-electron chi connectivity index (χ4n) is 2.31. The van der Waals surface area contributed by atoms with Crippen molar-refractivity contribution in [1.82, 2.24) is 10.6 Å². The van der Waals surface area contributed by atoms with Crippen molar-refractivity contribution < 1.29 is 19.8 Å². The van der Waals surface area contributed by atoms with Crippen molar-refractivity contribution in [2.45, 2.75) is 39.2 Å². The van der Waals surface area contributed by atoms with Crippen LogP contribution in [0.25, 0.3) is 0 Å². The summed E-state index contributed by atoms with van der Waals surface area (Å²) in [6, 6.07) is 7.23. The van der Waals surface area contributed by atoms with Gasteiger partial charge in [0.25, 0.3) is 0 Å². The van der Waals surface area contributed by atoms with Crippen LogP contribution in [-0.4, -0.2) is 47.8 Å². The van der Waals surface area contributed by atoms with Gasteiger partial charge >= 0.3 is 0 Å². The summed E-state index contributed by atoms with van der Waals surface area (Å²) in [5.41, 5.74) is 2.13. The minimum Gasteiger partial charge on any atom is -0.394 e. The number of rotatable bonds is 9. The van der Waals surface area contributed by atoms with Gasteiger partial charge in [-0.3, -0.25) is 9.59 Å². The van der Waals surface area contributed by atoms with E-state index in [1.807, 2.05) is 24.3 Å². The first-order valence-electron chi connectivity index (χ1n) is 8.25. The topological polar surface area (TPSA) is 98.7 Å². The van der Waals surface area contributed by atoms with Gasteiger partial charge in [-0.25, -0.2) is 0 Å². The molecule has 134 valence electrons. The summed E-state index contributed by atoms with van der Waals surface area (Å²) in [4.78, 5) is 23.8. The molecule has 0 aliphatic carbocycles. The molecule has 6 heteroatoms. The number of hydrogen-bond acceptors (Lipinski definition) is 4. The molecule has 0 fully saturated rings. The third-order valence-corrected chi connectivity index (χ3v) is 3.75. The van der Waals surface area contributed by atoms with E-state index >= 15 is 0 Å². The van der Waals surface area contributed by atoms with Gasteiger partial charge in [0.2, 0.25) is 11.8 Å². The molecule has 1 rings (SSSR count). The predicted octanol–water partition coefficient (Wildman–Crippen LogP) is 0.574. The Balaban J connectivity index is 2.51. The summed E-state index contributed by atoms with van der Waals surface area (Å²) in [6.07, 6.45) is 0.998. The van der Waals surface area contributed by atoms with E-state index in [9.17, 15) is 9.59 Å². The molecule has 0 heterocycles. The highest BCUT2D eigenvalue weighted by molar-refractivity contribution is 5.88. The van der Waals surface area contributed by atoms with Crippen LogP contribution in [0.1, 0.15) is 37.8 Å². The number of aliphatic hydroxyl groups is 2. The van der Waals surface area contributed by atoms with Gasteiger partial charge < -0.3 is 20.8 Å². The van der Waals surface area contributed by atoms with E-state index in [0.29, 0.717) is 5.92 Å². The zero-order valence-corrected chi connectivity index (χ0v) is 14.6. The van der Waals surface area contributed by atoms with E-state index in [0.717, 1.165) is 12.0 Å². The standard InChI is InChI=1S/C18H28N2O4/c1-12(2)8-14-4-6-15(7-5-14)13(3)18(24)19-9-17(23)20-16(10-21)11-22/h4-7,12-13,16,21-22H,8-11H2,1-3H3,(H,19,24)(H,20,23). The molecule has 0 aliphatic heterocycles. The lowest BCUT2D eigenvalue weighted by Crippen LogP contribution is -2.45. The number of amides is 2. The zero-order valence-electron chi connectivity index (χ0n) is 14.6. The van der Waals surface area contributed by atoms with Crippen LogP contribution >= 0.6 is 0 Å². The number of hydrogen-bond donors (Lipinski definition) is 4. The minimum atomic E-state index is -0.708. The summed E-state index contributed by atoms with van der Waals surface area (Å²) in [6.45, 7) is 5.21. The third kappa shape index (κ3) is 6.68. The van der Waals surface area contributed by atoms with Gasteiger partial charge in [0.15, 0.2) is 0 Å². The van der Waals surface area contributed by atoms with Crippen LogP contribution in [0.15, 0.2) is 24.3 Å². The summed E-state index contributed by atoms with van der Waals surface area (Å²) in [5, 5.41) is 22.8. The first-order valence-corrected chi connectivity index (χ1v) is 8.25. The fraction of sp³-hybridized carbons (Fsp3) is 0.556. The molecular formula is C18H28N2O4. The van der Waals surface area contributed by atoms with Crippen LogP contribution in [0.4, 0.5) is 0 Å². The summed E-state index contributed by atoms with van der Waals surface area (Å²) >= 11 is 0. The maximum absolute atomic E-state index is 12.1. The lowest BCUT2D eigenvalue weighted by Gasteiger charge is -2.16. The molecule has 0 saturated heterocycles. The molecule has 0 spiro atoms. The normalized spacial score (nSPS) is 12.3.